The van der Waals surface area contributed by atoms with E-state index in [0.717, 1.165) is 48.1 Å². The fourth-order valence-electron chi connectivity index (χ4n) is 5.77. The summed E-state index contributed by atoms with van der Waals surface area (Å²) in [5.41, 5.74) is 4.53. The fraction of sp³-hybridized carbons (Fsp3) is 0.393. The number of benzene rings is 2. The highest BCUT2D eigenvalue weighted by Crippen LogP contribution is 2.38. The highest BCUT2D eigenvalue weighted by atomic mass is 35.5. The van der Waals surface area contributed by atoms with Crippen molar-refractivity contribution >= 4 is 38.9 Å². The molecule has 38 heavy (non-hydrogen) atoms. The van der Waals surface area contributed by atoms with Gasteiger partial charge in [-0.2, -0.15) is 10.2 Å². The van der Waals surface area contributed by atoms with Gasteiger partial charge in [-0.25, -0.2) is 13.4 Å². The van der Waals surface area contributed by atoms with Crippen molar-refractivity contribution in [1.29, 1.82) is 5.26 Å². The Morgan fingerprint density at radius 1 is 1.11 bits per heavy atom. The highest BCUT2D eigenvalue weighted by Gasteiger charge is 2.41. The molecule has 198 valence electrons. The van der Waals surface area contributed by atoms with Gasteiger partial charge in [-0.1, -0.05) is 17.7 Å². The number of halogens is 1. The zero-order valence-electron chi connectivity index (χ0n) is 21.7. The summed E-state index contributed by atoms with van der Waals surface area (Å²) >= 11 is 6.47. The number of hydrogen-bond acceptors (Lipinski definition) is 8. The molecule has 2 aliphatic rings. The van der Waals surface area contributed by atoms with Crippen LogP contribution in [0.15, 0.2) is 47.5 Å². The molecule has 8 nitrogen and oxygen atoms in total. The fourth-order valence-corrected chi connectivity index (χ4v) is 6.72. The summed E-state index contributed by atoms with van der Waals surface area (Å²) in [6.45, 7) is 4.67. The van der Waals surface area contributed by atoms with E-state index in [1.807, 2.05) is 38.1 Å². The Kier molecular flexibility index (Phi) is 7.32. The van der Waals surface area contributed by atoms with Crippen LogP contribution in [0.2, 0.25) is 5.02 Å². The maximum atomic E-state index is 11.9. The van der Waals surface area contributed by atoms with Crippen molar-refractivity contribution in [2.75, 3.05) is 16.9 Å². The van der Waals surface area contributed by atoms with Crippen molar-refractivity contribution in [2.24, 2.45) is 0 Å². The monoisotopic (exact) mass is 550 g/mol. The zero-order chi connectivity index (χ0) is 27.0. The van der Waals surface area contributed by atoms with E-state index in [1.165, 1.54) is 6.26 Å². The second-order valence-corrected chi connectivity index (χ2v) is 12.8. The quantitative estimate of drug-likeness (QED) is 0.404. The Hall–Kier alpha value is -3.19. The number of anilines is 3. The maximum Gasteiger partial charge on any atom is 0.224 e. The Morgan fingerprint density at radius 2 is 1.79 bits per heavy atom. The predicted octanol–water partition coefficient (Wildman–Crippen LogP) is 5.37. The van der Waals surface area contributed by atoms with Crippen LogP contribution >= 0.6 is 11.6 Å². The smallest absolute Gasteiger partial charge is 0.224 e. The summed E-state index contributed by atoms with van der Waals surface area (Å²) in [5, 5.41) is 16.7. The van der Waals surface area contributed by atoms with Crippen molar-refractivity contribution in [3.63, 3.8) is 0 Å². The molecular weight excluding hydrogens is 520 g/mol. The molecule has 1 aromatic heterocycles. The molecule has 0 unspecified atom stereocenters. The zero-order valence-corrected chi connectivity index (χ0v) is 23.3. The van der Waals surface area contributed by atoms with Crippen LogP contribution in [0.3, 0.4) is 0 Å². The number of rotatable bonds is 7. The summed E-state index contributed by atoms with van der Waals surface area (Å²) in [4.78, 5) is 11.9. The van der Waals surface area contributed by atoms with E-state index in [-0.39, 0.29) is 10.9 Å². The van der Waals surface area contributed by atoms with Crippen LogP contribution in [0.4, 0.5) is 17.5 Å². The molecule has 2 aliphatic heterocycles. The van der Waals surface area contributed by atoms with Crippen LogP contribution in [0.25, 0.3) is 0 Å². The molecule has 2 fully saturated rings. The third kappa shape index (κ3) is 5.63. The molecule has 0 aliphatic carbocycles. The lowest BCUT2D eigenvalue weighted by atomic mass is 9.96. The topological polar surface area (TPSA) is 111 Å². The summed E-state index contributed by atoms with van der Waals surface area (Å²) in [6.07, 6.45) is 7.15. The van der Waals surface area contributed by atoms with Gasteiger partial charge in [0, 0.05) is 47.8 Å². The number of piperidine rings is 1. The first kappa shape index (κ1) is 26.4. The minimum Gasteiger partial charge on any atom is -0.351 e. The van der Waals surface area contributed by atoms with Gasteiger partial charge in [-0.15, -0.1) is 0 Å². The van der Waals surface area contributed by atoms with Crippen molar-refractivity contribution in [1.82, 2.24) is 14.9 Å². The van der Waals surface area contributed by atoms with E-state index in [9.17, 15) is 13.7 Å². The molecule has 0 amide bonds. The van der Waals surface area contributed by atoms with Crippen LogP contribution in [-0.2, 0) is 16.4 Å². The van der Waals surface area contributed by atoms with Gasteiger partial charge in [0.15, 0.2) is 9.84 Å². The van der Waals surface area contributed by atoms with Crippen LogP contribution in [0.1, 0.15) is 47.9 Å². The Balaban J connectivity index is 1.24. The molecule has 10 heteroatoms. The number of nitriles is 1. The lowest BCUT2D eigenvalue weighted by Gasteiger charge is -2.39. The number of nitrogens with one attached hydrogen (secondary N) is 2. The SMILES string of the molecule is Cc1cc(C#N)cc(C)c1Nc1ccnc(NC2C[C@H]3CC[C@H](C2)N3Cc2ccc(S(C)(=O)=O)cc2Cl)n1. The average molecular weight is 551 g/mol. The standard InChI is InChI=1S/C28H31ClN6O2S/c1-17-10-19(15-30)11-18(2)27(17)33-26-8-9-31-28(34-26)32-21-12-22-5-6-23(13-21)35(22)16-20-4-7-24(14-25(20)29)38(3,36)37/h4,7-11,14,21-23H,5-6,12-13,16H2,1-3H3,(H2,31,32,33,34)/t22-,23-/m1/s1. The second-order valence-electron chi connectivity index (χ2n) is 10.4. The van der Waals surface area contributed by atoms with E-state index < -0.39 is 9.84 Å². The summed E-state index contributed by atoms with van der Waals surface area (Å²) in [5.74, 6) is 1.29. The van der Waals surface area contributed by atoms with Crippen LogP contribution < -0.4 is 10.6 Å². The normalized spacial score (nSPS) is 21.2. The van der Waals surface area contributed by atoms with E-state index >= 15 is 0 Å². The van der Waals surface area contributed by atoms with Gasteiger partial charge in [0.25, 0.3) is 0 Å². The molecule has 0 spiro atoms. The van der Waals surface area contributed by atoms with E-state index in [4.69, 9.17) is 16.6 Å². The second kappa shape index (κ2) is 10.5. The van der Waals surface area contributed by atoms with E-state index in [2.05, 4.69) is 26.6 Å². The van der Waals surface area contributed by atoms with Crippen LogP contribution in [0.5, 0.6) is 0 Å². The number of sulfone groups is 1. The molecule has 3 heterocycles. The predicted molar refractivity (Wildman–Crippen MR) is 150 cm³/mol. The Bertz CT molecular complexity index is 1480. The first-order chi connectivity index (χ1) is 18.1. The summed E-state index contributed by atoms with van der Waals surface area (Å²) in [7, 11) is -3.28. The van der Waals surface area contributed by atoms with Crippen molar-refractivity contribution in [3.8, 4) is 6.07 Å². The largest absolute Gasteiger partial charge is 0.351 e. The molecule has 2 bridgehead atoms. The third-order valence-electron chi connectivity index (χ3n) is 7.59. The number of hydrogen-bond donors (Lipinski definition) is 2. The molecule has 2 N–H and O–H groups in total. The maximum absolute atomic E-state index is 11.9. The Morgan fingerprint density at radius 3 is 2.39 bits per heavy atom. The van der Waals surface area contributed by atoms with Gasteiger partial charge in [0.2, 0.25) is 5.95 Å². The third-order valence-corrected chi connectivity index (χ3v) is 9.06. The number of nitrogens with zero attached hydrogens (tertiary/aromatic N) is 4. The molecule has 0 saturated carbocycles. The molecule has 2 saturated heterocycles. The molecule has 3 aromatic rings. The average Bonchev–Trinajstić information content (AvgIpc) is 3.09. The summed E-state index contributed by atoms with van der Waals surface area (Å²) in [6, 6.07) is 13.9. The first-order valence-electron chi connectivity index (χ1n) is 12.7. The van der Waals surface area contributed by atoms with Crippen LogP contribution in [-0.4, -0.2) is 47.7 Å². The van der Waals surface area contributed by atoms with Crippen molar-refractivity contribution in [2.45, 2.75) is 69.1 Å². The lowest BCUT2D eigenvalue weighted by molar-refractivity contribution is 0.124. The Labute approximate surface area is 229 Å². The van der Waals surface area contributed by atoms with Gasteiger partial charge in [-0.05, 0) is 86.6 Å². The van der Waals surface area contributed by atoms with Gasteiger partial charge < -0.3 is 10.6 Å². The minimum atomic E-state index is -3.28. The van der Waals surface area contributed by atoms with Gasteiger partial charge in [0.05, 0.1) is 16.5 Å². The van der Waals surface area contributed by atoms with E-state index in [1.54, 1.807) is 18.3 Å². The number of fused-ring (bicyclic) bond motifs is 2. The number of aromatic nitrogens is 2. The van der Waals surface area contributed by atoms with Gasteiger partial charge in [0.1, 0.15) is 5.82 Å². The first-order valence-corrected chi connectivity index (χ1v) is 15.0. The minimum absolute atomic E-state index is 0.248. The molecule has 2 aromatic carbocycles. The van der Waals surface area contributed by atoms with Crippen LogP contribution in [0, 0.1) is 25.2 Å². The summed E-state index contributed by atoms with van der Waals surface area (Å²) < 4.78 is 23.7. The van der Waals surface area contributed by atoms with Gasteiger partial charge >= 0.3 is 0 Å². The van der Waals surface area contributed by atoms with Crippen molar-refractivity contribution < 1.29 is 8.42 Å². The number of aryl methyl sites for hydroxylation is 2. The highest BCUT2D eigenvalue weighted by molar-refractivity contribution is 7.90. The molecule has 5 rings (SSSR count). The lowest BCUT2D eigenvalue weighted by Crippen LogP contribution is -2.46. The molecule has 2 atom stereocenters. The van der Waals surface area contributed by atoms with Gasteiger partial charge in [-0.3, -0.25) is 4.90 Å². The van der Waals surface area contributed by atoms with E-state index in [0.29, 0.717) is 41.0 Å². The molecular formula is C28H31ClN6O2S. The van der Waals surface area contributed by atoms with Crippen molar-refractivity contribution in [3.05, 3.63) is 69.9 Å². The molecule has 0 radical (unpaired) electrons.